The minimum atomic E-state index is -0.507. The van der Waals surface area contributed by atoms with Crippen molar-refractivity contribution in [2.45, 2.75) is 55.4 Å². The van der Waals surface area contributed by atoms with Crippen molar-refractivity contribution in [1.82, 2.24) is 0 Å². The fraction of sp³-hybridized carbons (Fsp3) is 0.233. The Balaban J connectivity index is 0.000000193. The van der Waals surface area contributed by atoms with Crippen LogP contribution in [0.1, 0.15) is 55.6 Å². The molecular weight excluding hydrogens is 837 g/mol. The number of hydrogen-bond acceptors (Lipinski definition) is 6. The van der Waals surface area contributed by atoms with Gasteiger partial charge in [-0.25, -0.2) is 0 Å². The molecule has 1 aliphatic heterocycles. The van der Waals surface area contributed by atoms with Crippen LogP contribution >= 0.6 is 25.6 Å². The molecule has 0 unspecified atom stereocenters. The maximum absolute atomic E-state index is 10.8. The van der Waals surface area contributed by atoms with Gasteiger partial charge in [0.25, 0.3) is 5.69 Å². The second-order valence-corrected chi connectivity index (χ2v) is 15.9. The van der Waals surface area contributed by atoms with Crippen LogP contribution in [0.5, 0.6) is 5.75 Å². The van der Waals surface area contributed by atoms with E-state index in [1.807, 2.05) is 44.2 Å². The number of benzene rings is 5. The number of phenolic OH excluding ortho intramolecular Hbond substituents is 1. The zero-order valence-corrected chi connectivity index (χ0v) is 35.5. The molecule has 7 nitrogen and oxygen atoms in total. The second kappa shape index (κ2) is 19.2. The number of aryl methyl sites for hydroxylation is 8. The third-order valence-corrected chi connectivity index (χ3v) is 10.4. The number of nitrogens with zero attached hydrogens (tertiary/aromatic N) is 4. The van der Waals surface area contributed by atoms with E-state index in [4.69, 9.17) is 9.69 Å². The van der Waals surface area contributed by atoms with E-state index in [1.165, 1.54) is 74.7 Å². The van der Waals surface area contributed by atoms with Gasteiger partial charge in [-0.1, -0.05) is 51.3 Å². The molecule has 0 bridgehead atoms. The Kier molecular flexibility index (Phi) is 15.1. The van der Waals surface area contributed by atoms with E-state index in [0.717, 1.165) is 34.4 Å². The van der Waals surface area contributed by atoms with Gasteiger partial charge in [-0.05, 0) is 107 Å². The van der Waals surface area contributed by atoms with Gasteiger partial charge < -0.3 is 14.9 Å². The molecule has 5 aromatic carbocycles. The van der Waals surface area contributed by atoms with Crippen LogP contribution in [-0.2, 0) is 15.7 Å². The molecule has 0 aliphatic carbocycles. The van der Waals surface area contributed by atoms with Gasteiger partial charge in [0.15, 0.2) is 0 Å². The standard InChI is InChI=1S/C21H27N2.C15H13BrN2O3.C7H6.ClH.Ru/c1-14-9-16(3)20(17(4)10-14)22-7-8-23(13-22)21-18(5)11-15(2)12-19(21)6;1-9-5-12(16)6-10(2)15(9)17-8-11-7-13(18(20)21)3-4-14(11)19;1-7-5-3-2-4-6-7;;/h9-13H,7-8H2,1-6H3;3-8,19H,1-2H3;1-6H;1H;/q-1;;;;+1/p-1. The monoisotopic (exact) mass is 882 g/mol. The van der Waals surface area contributed by atoms with Crippen LogP contribution in [-0.4, -0.2) is 33.9 Å². The van der Waals surface area contributed by atoms with Gasteiger partial charge in [-0.3, -0.25) is 15.1 Å². The van der Waals surface area contributed by atoms with Crippen LogP contribution in [0.25, 0.3) is 0 Å². The van der Waals surface area contributed by atoms with Crippen molar-refractivity contribution in [2.24, 2.45) is 4.99 Å². The van der Waals surface area contributed by atoms with Gasteiger partial charge in [-0.15, -0.1) is 0 Å². The Hall–Kier alpha value is -4.17. The first kappa shape index (κ1) is 41.6. The SMILES string of the molecule is Cc1cc(Br)cc(C)c1N=Cc1cc([N+](=O)[O-])ccc1O.Cc1cc(C)c(N2[CH-]N(c3c(C)cc(C)cc3C)CC2)c(C)c1.[Cl][Ru]=[CH]c1ccccc1. The average molecular weight is 883 g/mol. The Labute approximate surface area is 333 Å². The molecule has 1 aliphatic rings. The summed E-state index contributed by atoms with van der Waals surface area (Å²) < 4.78 is 3.03. The summed E-state index contributed by atoms with van der Waals surface area (Å²) in [5, 5.41) is 20.5. The zero-order chi connectivity index (χ0) is 38.8. The van der Waals surface area contributed by atoms with E-state index in [0.29, 0.717) is 5.56 Å². The molecule has 0 radical (unpaired) electrons. The summed E-state index contributed by atoms with van der Waals surface area (Å²) in [6.45, 7) is 21.4. The van der Waals surface area contributed by atoms with Gasteiger partial charge in [-0.2, -0.15) is 6.67 Å². The summed E-state index contributed by atoms with van der Waals surface area (Å²) >= 11 is 3.34. The summed E-state index contributed by atoms with van der Waals surface area (Å²) in [6, 6.07) is 27.0. The molecule has 0 aromatic heterocycles. The van der Waals surface area contributed by atoms with E-state index < -0.39 is 4.92 Å². The number of non-ortho nitro benzene ring substituents is 1. The maximum atomic E-state index is 10.8. The summed E-state index contributed by atoms with van der Waals surface area (Å²) in [5.74, 6) is -0.0447. The molecule has 5 aromatic rings. The molecule has 0 amide bonds. The quantitative estimate of drug-likeness (QED) is 0.0604. The molecule has 1 N–H and O–H groups in total. The first-order chi connectivity index (χ1) is 25.2. The number of anilines is 2. The molecule has 1 heterocycles. The van der Waals surface area contributed by atoms with Crippen LogP contribution in [0.15, 0.2) is 94.4 Å². The zero-order valence-electron chi connectivity index (χ0n) is 31.4. The number of phenols is 1. The number of aromatic hydroxyl groups is 1. The van der Waals surface area contributed by atoms with Crippen molar-refractivity contribution in [3.8, 4) is 5.75 Å². The van der Waals surface area contributed by atoms with E-state index in [-0.39, 0.29) is 27.1 Å². The Morgan fingerprint density at radius 1 is 0.774 bits per heavy atom. The Bertz CT molecular complexity index is 2010. The summed E-state index contributed by atoms with van der Waals surface area (Å²) in [4.78, 5) is 19.4. The summed E-state index contributed by atoms with van der Waals surface area (Å²) in [5.41, 5.74) is 15.0. The third kappa shape index (κ3) is 11.4. The molecule has 1 saturated heterocycles. The van der Waals surface area contributed by atoms with Gasteiger partial charge in [0, 0.05) is 52.8 Å². The van der Waals surface area contributed by atoms with Crippen molar-refractivity contribution in [1.29, 1.82) is 0 Å². The average Bonchev–Trinajstić information content (AvgIpc) is 3.54. The fourth-order valence-corrected chi connectivity index (χ4v) is 8.42. The molecule has 10 heteroatoms. The molecule has 53 heavy (non-hydrogen) atoms. The minimum absolute atomic E-state index is 0.0447. The Morgan fingerprint density at radius 3 is 1.72 bits per heavy atom. The number of halogens is 2. The molecule has 6 rings (SSSR count). The first-order valence-corrected chi connectivity index (χ1v) is 21.1. The normalized spacial score (nSPS) is 12.6. The number of hydrogen-bond donors (Lipinski definition) is 1. The Morgan fingerprint density at radius 2 is 1.26 bits per heavy atom. The number of rotatable bonds is 6. The number of nitro benzene ring substituents is 1. The van der Waals surface area contributed by atoms with Crippen LogP contribution in [0.3, 0.4) is 0 Å². The second-order valence-electron chi connectivity index (χ2n) is 13.2. The van der Waals surface area contributed by atoms with Crippen LogP contribution in [0.2, 0.25) is 0 Å². The number of aliphatic imine (C=N–C) groups is 1. The molecule has 1 fully saturated rings. The van der Waals surface area contributed by atoms with E-state index >= 15 is 0 Å². The fourth-order valence-electron chi connectivity index (χ4n) is 6.65. The summed E-state index contributed by atoms with van der Waals surface area (Å²) in [7, 11) is 5.57. The molecular formula is C43H46BrClN4O3Ru-. The van der Waals surface area contributed by atoms with Gasteiger partial charge >= 0.3 is 65.9 Å². The van der Waals surface area contributed by atoms with Gasteiger partial charge in [0.2, 0.25) is 0 Å². The van der Waals surface area contributed by atoms with Crippen LogP contribution < -0.4 is 9.80 Å². The summed E-state index contributed by atoms with van der Waals surface area (Å²) in [6.07, 6.45) is 1.44. The van der Waals surface area contributed by atoms with Crippen molar-refractivity contribution >= 4 is 59.2 Å². The number of nitro groups is 1. The van der Waals surface area contributed by atoms with Crippen molar-refractivity contribution in [3.63, 3.8) is 0 Å². The van der Waals surface area contributed by atoms with E-state index in [2.05, 4.69) is 120 Å². The van der Waals surface area contributed by atoms with Gasteiger partial charge in [0.1, 0.15) is 5.75 Å². The predicted molar refractivity (Wildman–Crippen MR) is 223 cm³/mol. The van der Waals surface area contributed by atoms with E-state index in [9.17, 15) is 15.2 Å². The van der Waals surface area contributed by atoms with Crippen molar-refractivity contribution in [3.05, 3.63) is 162 Å². The third-order valence-electron chi connectivity index (χ3n) is 8.67. The molecule has 279 valence electrons. The van der Waals surface area contributed by atoms with Crippen LogP contribution in [0.4, 0.5) is 22.7 Å². The molecule has 0 spiro atoms. The predicted octanol–water partition coefficient (Wildman–Crippen LogP) is 11.5. The van der Waals surface area contributed by atoms with Crippen LogP contribution in [0, 0.1) is 72.2 Å². The molecule has 0 atom stereocenters. The first-order valence-electron chi connectivity index (χ1n) is 17.1. The van der Waals surface area contributed by atoms with Crippen molar-refractivity contribution in [2.75, 3.05) is 22.9 Å². The van der Waals surface area contributed by atoms with Crippen molar-refractivity contribution < 1.29 is 25.7 Å². The molecule has 0 saturated carbocycles. The topological polar surface area (TPSA) is 82.2 Å². The van der Waals surface area contributed by atoms with E-state index in [1.54, 1.807) is 0 Å². The van der Waals surface area contributed by atoms with Gasteiger partial charge in [0.05, 0.1) is 10.6 Å².